The maximum atomic E-state index is 12.1. The highest BCUT2D eigenvalue weighted by atomic mass is 32.2. The summed E-state index contributed by atoms with van der Waals surface area (Å²) in [5, 5.41) is 11.6. The standard InChI is InChI=1S/C14H23N3O3S/c1-10-5-6-11(13(15)16-18)9-12(10)17-21(19,20)8-7-14(2,3)4/h5-6,9,17-18H,7-8H2,1-4H3,(H2,15,16). The van der Waals surface area contributed by atoms with Crippen LogP contribution in [0, 0.1) is 12.3 Å². The Morgan fingerprint density at radius 3 is 2.52 bits per heavy atom. The van der Waals surface area contributed by atoms with Gasteiger partial charge in [-0.2, -0.15) is 0 Å². The number of rotatable bonds is 5. The lowest BCUT2D eigenvalue weighted by molar-refractivity contribution is 0.318. The molecular weight excluding hydrogens is 290 g/mol. The fourth-order valence-corrected chi connectivity index (χ4v) is 3.15. The summed E-state index contributed by atoms with van der Waals surface area (Å²) in [4.78, 5) is 0. The van der Waals surface area contributed by atoms with Gasteiger partial charge in [0.15, 0.2) is 5.84 Å². The van der Waals surface area contributed by atoms with Gasteiger partial charge in [0.05, 0.1) is 11.4 Å². The summed E-state index contributed by atoms with van der Waals surface area (Å²) in [6, 6.07) is 4.94. The summed E-state index contributed by atoms with van der Waals surface area (Å²) in [6.07, 6.45) is 0.557. The van der Waals surface area contributed by atoms with Crippen molar-refractivity contribution in [3.05, 3.63) is 29.3 Å². The molecule has 1 aromatic carbocycles. The molecule has 0 aliphatic carbocycles. The van der Waals surface area contributed by atoms with Crippen LogP contribution in [0.1, 0.15) is 38.3 Å². The largest absolute Gasteiger partial charge is 0.409 e. The highest BCUT2D eigenvalue weighted by Crippen LogP contribution is 2.22. The van der Waals surface area contributed by atoms with E-state index in [1.807, 2.05) is 20.8 Å². The number of nitrogens with one attached hydrogen (secondary N) is 1. The molecule has 0 saturated heterocycles. The van der Waals surface area contributed by atoms with Crippen LogP contribution in [-0.2, 0) is 10.0 Å². The molecule has 0 aliphatic rings. The van der Waals surface area contributed by atoms with Crippen molar-refractivity contribution in [2.45, 2.75) is 34.1 Å². The minimum absolute atomic E-state index is 0.0454. The van der Waals surface area contributed by atoms with Crippen molar-refractivity contribution in [3.8, 4) is 0 Å². The minimum Gasteiger partial charge on any atom is -0.409 e. The summed E-state index contributed by atoms with van der Waals surface area (Å²) in [5.41, 5.74) is 7.12. The number of sulfonamides is 1. The molecule has 1 rings (SSSR count). The SMILES string of the molecule is Cc1ccc(/C(N)=N/O)cc1NS(=O)(=O)CCC(C)(C)C. The number of nitrogens with two attached hydrogens (primary N) is 1. The molecule has 0 bridgehead atoms. The van der Waals surface area contributed by atoms with Gasteiger partial charge < -0.3 is 10.9 Å². The Balaban J connectivity index is 2.96. The lowest BCUT2D eigenvalue weighted by atomic mass is 9.94. The predicted molar refractivity (Wildman–Crippen MR) is 85.2 cm³/mol. The van der Waals surface area contributed by atoms with Gasteiger partial charge in [0.2, 0.25) is 10.0 Å². The minimum atomic E-state index is -3.43. The molecular formula is C14H23N3O3S. The van der Waals surface area contributed by atoms with Crippen molar-refractivity contribution in [1.29, 1.82) is 0 Å². The molecule has 21 heavy (non-hydrogen) atoms. The zero-order valence-corrected chi connectivity index (χ0v) is 13.7. The molecule has 0 saturated carbocycles. The molecule has 0 aliphatic heterocycles. The van der Waals surface area contributed by atoms with Gasteiger partial charge in [-0.3, -0.25) is 4.72 Å². The first kappa shape index (κ1) is 17.3. The molecule has 0 radical (unpaired) electrons. The number of amidine groups is 1. The first-order valence-electron chi connectivity index (χ1n) is 6.63. The van der Waals surface area contributed by atoms with Crippen molar-refractivity contribution in [2.75, 3.05) is 10.5 Å². The molecule has 6 nitrogen and oxygen atoms in total. The quantitative estimate of drug-likeness (QED) is 0.335. The van der Waals surface area contributed by atoms with Crippen LogP contribution in [0.5, 0.6) is 0 Å². The number of hydrogen-bond donors (Lipinski definition) is 3. The van der Waals surface area contributed by atoms with Gasteiger partial charge in [0.1, 0.15) is 0 Å². The van der Waals surface area contributed by atoms with Gasteiger partial charge >= 0.3 is 0 Å². The molecule has 4 N–H and O–H groups in total. The monoisotopic (exact) mass is 313 g/mol. The second kappa shape index (κ2) is 6.34. The maximum absolute atomic E-state index is 12.1. The molecule has 0 spiro atoms. The topological polar surface area (TPSA) is 105 Å². The van der Waals surface area contributed by atoms with Gasteiger partial charge in [0.25, 0.3) is 0 Å². The van der Waals surface area contributed by atoms with Crippen LogP contribution < -0.4 is 10.5 Å². The Kier molecular flexibility index (Phi) is 5.22. The Labute approximate surface area is 126 Å². The van der Waals surface area contributed by atoms with Crippen LogP contribution in [0.25, 0.3) is 0 Å². The van der Waals surface area contributed by atoms with Gasteiger partial charge in [0, 0.05) is 5.56 Å². The molecule has 0 atom stereocenters. The third kappa shape index (κ3) is 5.63. The molecule has 0 amide bonds. The van der Waals surface area contributed by atoms with E-state index in [1.165, 1.54) is 0 Å². The first-order chi connectivity index (χ1) is 9.54. The average Bonchev–Trinajstić information content (AvgIpc) is 2.37. The molecule has 7 heteroatoms. The molecule has 0 heterocycles. The van der Waals surface area contributed by atoms with E-state index in [4.69, 9.17) is 10.9 Å². The zero-order valence-electron chi connectivity index (χ0n) is 12.8. The van der Waals surface area contributed by atoms with Crippen molar-refractivity contribution in [1.82, 2.24) is 0 Å². The van der Waals surface area contributed by atoms with Crippen LogP contribution in [0.4, 0.5) is 5.69 Å². The average molecular weight is 313 g/mol. The van der Waals surface area contributed by atoms with E-state index in [2.05, 4.69) is 9.88 Å². The smallest absolute Gasteiger partial charge is 0.232 e. The van der Waals surface area contributed by atoms with Crippen LogP contribution in [-0.4, -0.2) is 25.2 Å². The molecule has 118 valence electrons. The van der Waals surface area contributed by atoms with E-state index in [9.17, 15) is 8.42 Å². The number of anilines is 1. The Morgan fingerprint density at radius 1 is 1.38 bits per heavy atom. The van der Waals surface area contributed by atoms with E-state index < -0.39 is 10.0 Å². The van der Waals surface area contributed by atoms with E-state index in [-0.39, 0.29) is 17.0 Å². The summed E-state index contributed by atoms with van der Waals surface area (Å²) in [7, 11) is -3.43. The van der Waals surface area contributed by atoms with Crippen LogP contribution >= 0.6 is 0 Å². The molecule has 0 unspecified atom stereocenters. The summed E-state index contributed by atoms with van der Waals surface area (Å²) < 4.78 is 26.8. The van der Waals surface area contributed by atoms with Crippen LogP contribution in [0.15, 0.2) is 23.4 Å². The van der Waals surface area contributed by atoms with Gasteiger partial charge in [-0.1, -0.05) is 38.1 Å². The van der Waals surface area contributed by atoms with Crippen molar-refractivity contribution >= 4 is 21.5 Å². The fraction of sp³-hybridized carbons (Fsp3) is 0.500. The highest BCUT2D eigenvalue weighted by molar-refractivity contribution is 7.92. The number of oxime groups is 1. The number of nitrogens with zero attached hydrogens (tertiary/aromatic N) is 1. The van der Waals surface area contributed by atoms with Crippen molar-refractivity contribution < 1.29 is 13.6 Å². The van der Waals surface area contributed by atoms with Crippen molar-refractivity contribution in [3.63, 3.8) is 0 Å². The Hall–Kier alpha value is -1.76. The first-order valence-corrected chi connectivity index (χ1v) is 8.28. The van der Waals surface area contributed by atoms with E-state index in [0.717, 1.165) is 5.56 Å². The van der Waals surface area contributed by atoms with E-state index >= 15 is 0 Å². The fourth-order valence-electron chi connectivity index (χ4n) is 1.61. The predicted octanol–water partition coefficient (Wildman–Crippen LogP) is 2.27. The van der Waals surface area contributed by atoms with Gasteiger partial charge in [-0.05, 0) is 30.4 Å². The molecule has 0 fully saturated rings. The van der Waals surface area contributed by atoms with Gasteiger partial charge in [-0.25, -0.2) is 8.42 Å². The zero-order chi connectivity index (χ0) is 16.3. The molecule has 1 aromatic rings. The molecule has 0 aromatic heterocycles. The second-order valence-electron chi connectivity index (χ2n) is 6.25. The van der Waals surface area contributed by atoms with Crippen LogP contribution in [0.3, 0.4) is 0 Å². The Bertz CT molecular complexity index is 631. The lowest BCUT2D eigenvalue weighted by Crippen LogP contribution is -2.22. The van der Waals surface area contributed by atoms with Crippen LogP contribution in [0.2, 0.25) is 0 Å². The lowest BCUT2D eigenvalue weighted by Gasteiger charge is -2.18. The number of aryl methyl sites for hydroxylation is 1. The second-order valence-corrected chi connectivity index (χ2v) is 8.09. The number of hydrogen-bond acceptors (Lipinski definition) is 4. The third-order valence-corrected chi connectivity index (χ3v) is 4.30. The maximum Gasteiger partial charge on any atom is 0.232 e. The highest BCUT2D eigenvalue weighted by Gasteiger charge is 2.18. The normalized spacial score (nSPS) is 13.2. The summed E-state index contributed by atoms with van der Waals surface area (Å²) in [5.74, 6) is -0.0193. The van der Waals surface area contributed by atoms with E-state index in [1.54, 1.807) is 25.1 Å². The summed E-state index contributed by atoms with van der Waals surface area (Å²) in [6.45, 7) is 7.77. The summed E-state index contributed by atoms with van der Waals surface area (Å²) >= 11 is 0. The van der Waals surface area contributed by atoms with E-state index in [0.29, 0.717) is 17.7 Å². The number of benzene rings is 1. The Morgan fingerprint density at radius 2 is 2.00 bits per heavy atom. The van der Waals surface area contributed by atoms with Crippen molar-refractivity contribution in [2.24, 2.45) is 16.3 Å². The third-order valence-electron chi connectivity index (χ3n) is 3.03. The van der Waals surface area contributed by atoms with Gasteiger partial charge in [-0.15, -0.1) is 0 Å².